The minimum absolute atomic E-state index is 0.0220. The molecule has 3 aromatic carbocycles. The second kappa shape index (κ2) is 13.6. The Morgan fingerprint density at radius 3 is 2.62 bits per heavy atom. The van der Waals surface area contributed by atoms with Crippen molar-refractivity contribution in [2.24, 2.45) is 5.10 Å². The summed E-state index contributed by atoms with van der Waals surface area (Å²) in [5, 5.41) is 20.5. The number of thiophene rings is 1. The molecule has 5 aromatic rings. The Labute approximate surface area is 271 Å². The van der Waals surface area contributed by atoms with Crippen molar-refractivity contribution in [1.29, 1.82) is 0 Å². The minimum Gasteiger partial charge on any atom is -0.497 e. The van der Waals surface area contributed by atoms with E-state index in [1.54, 1.807) is 52.3 Å². The molecule has 0 saturated carbocycles. The van der Waals surface area contributed by atoms with Crippen LogP contribution in [0.25, 0.3) is 5.69 Å². The fourth-order valence-corrected chi connectivity index (χ4v) is 6.62. The maximum Gasteiger partial charge on any atom is 0.254 e. The molecule has 1 atom stereocenters. The molecule has 0 fully saturated rings. The van der Waals surface area contributed by atoms with Crippen LogP contribution < -0.4 is 10.1 Å². The first kappa shape index (κ1) is 30.5. The number of thioether (sulfide) groups is 1. The Morgan fingerprint density at radius 1 is 1.07 bits per heavy atom. The molecule has 6 rings (SSSR count). The van der Waals surface area contributed by atoms with E-state index in [1.807, 2.05) is 47.8 Å². The lowest BCUT2D eigenvalue weighted by Crippen LogP contribution is -2.28. The molecule has 1 N–H and O–H groups in total. The number of halogens is 2. The summed E-state index contributed by atoms with van der Waals surface area (Å²) in [6, 6.07) is 24.1. The fraction of sp³-hybridized carbons (Fsp3) is 0.156. The fourth-order valence-electron chi connectivity index (χ4n) is 4.89. The molecule has 0 radical (unpaired) electrons. The smallest absolute Gasteiger partial charge is 0.254 e. The lowest BCUT2D eigenvalue weighted by Gasteiger charge is -2.22. The van der Waals surface area contributed by atoms with Gasteiger partial charge in [-0.2, -0.15) is 5.10 Å². The van der Waals surface area contributed by atoms with Crippen molar-refractivity contribution in [3.63, 3.8) is 0 Å². The molecule has 3 heterocycles. The molecule has 2 aromatic heterocycles. The van der Waals surface area contributed by atoms with Gasteiger partial charge in [0.15, 0.2) is 11.0 Å². The third-order valence-electron chi connectivity index (χ3n) is 7.09. The van der Waals surface area contributed by atoms with Crippen LogP contribution in [0.5, 0.6) is 5.75 Å². The van der Waals surface area contributed by atoms with Crippen LogP contribution in [0.4, 0.5) is 4.39 Å². The maximum absolute atomic E-state index is 14.2. The molecule has 45 heavy (non-hydrogen) atoms. The number of nitrogens with zero attached hydrogens (tertiary/aromatic N) is 5. The topological polar surface area (TPSA) is 102 Å². The lowest BCUT2D eigenvalue weighted by molar-refractivity contribution is -0.130. The molecule has 1 aliphatic rings. The van der Waals surface area contributed by atoms with Crippen LogP contribution >= 0.6 is 34.7 Å². The third-order valence-corrected chi connectivity index (χ3v) is 9.16. The Kier molecular flexibility index (Phi) is 9.24. The number of ether oxygens (including phenoxy) is 1. The molecular weight excluding hydrogens is 635 g/mol. The van der Waals surface area contributed by atoms with E-state index in [1.165, 1.54) is 30.0 Å². The van der Waals surface area contributed by atoms with Gasteiger partial charge >= 0.3 is 0 Å². The molecule has 0 bridgehead atoms. The van der Waals surface area contributed by atoms with E-state index in [0.29, 0.717) is 28.1 Å². The molecule has 0 saturated heterocycles. The number of nitrogens with one attached hydrogen (secondary N) is 1. The first-order valence-corrected chi connectivity index (χ1v) is 16.1. The van der Waals surface area contributed by atoms with Gasteiger partial charge in [0.25, 0.3) is 11.8 Å². The number of hydrogen-bond acceptors (Lipinski definition) is 8. The monoisotopic (exact) mass is 660 g/mol. The van der Waals surface area contributed by atoms with Crippen LogP contribution in [0.15, 0.2) is 101 Å². The van der Waals surface area contributed by atoms with Crippen LogP contribution in [0, 0.1) is 5.82 Å². The summed E-state index contributed by atoms with van der Waals surface area (Å²) in [5.41, 5.74) is 2.36. The first-order valence-electron chi connectivity index (χ1n) is 13.8. The zero-order chi connectivity index (χ0) is 31.3. The van der Waals surface area contributed by atoms with E-state index in [4.69, 9.17) is 21.4 Å². The van der Waals surface area contributed by atoms with E-state index in [-0.39, 0.29) is 29.8 Å². The number of carbonyl (C=O) groups is 2. The summed E-state index contributed by atoms with van der Waals surface area (Å²) in [7, 11) is 1.61. The summed E-state index contributed by atoms with van der Waals surface area (Å²) < 4.78 is 21.2. The zero-order valence-electron chi connectivity index (χ0n) is 23.9. The number of amides is 2. The van der Waals surface area contributed by atoms with Crippen LogP contribution in [-0.2, 0) is 11.3 Å². The Hall–Kier alpha value is -4.52. The average Bonchev–Trinajstić information content (AvgIpc) is 3.83. The Morgan fingerprint density at radius 2 is 1.89 bits per heavy atom. The molecule has 9 nitrogen and oxygen atoms in total. The molecule has 1 aliphatic heterocycles. The van der Waals surface area contributed by atoms with Gasteiger partial charge in [-0.1, -0.05) is 59.8 Å². The Balaban J connectivity index is 1.24. The summed E-state index contributed by atoms with van der Waals surface area (Å²) in [5.74, 6) is -0.286. The number of carbonyl (C=O) groups excluding carboxylic acids is 2. The largest absolute Gasteiger partial charge is 0.497 e. The SMILES string of the molecule is COc1ccc([C@@H]2CC(c3cccs3)=NN2C(=O)CSc2nnc(CNC(=O)c3ccccc3F)n2-c2cccc(Cl)c2)cc1. The lowest BCUT2D eigenvalue weighted by atomic mass is 10.0. The highest BCUT2D eigenvalue weighted by atomic mass is 35.5. The van der Waals surface area contributed by atoms with Crippen LogP contribution in [0.3, 0.4) is 0 Å². The van der Waals surface area contributed by atoms with Crippen LogP contribution in [0.2, 0.25) is 5.02 Å². The minimum atomic E-state index is -0.624. The van der Waals surface area contributed by atoms with E-state index in [2.05, 4.69) is 15.5 Å². The molecule has 0 aliphatic carbocycles. The number of rotatable bonds is 10. The molecule has 0 unspecified atom stereocenters. The number of aromatic nitrogens is 3. The van der Waals surface area contributed by atoms with Crippen molar-refractivity contribution in [1.82, 2.24) is 25.1 Å². The van der Waals surface area contributed by atoms with Gasteiger partial charge in [0.2, 0.25) is 0 Å². The van der Waals surface area contributed by atoms with Crippen molar-refractivity contribution in [2.45, 2.75) is 24.2 Å². The van der Waals surface area contributed by atoms with E-state index < -0.39 is 11.7 Å². The number of methoxy groups -OCH3 is 1. The van der Waals surface area contributed by atoms with Gasteiger partial charge in [0.05, 0.1) is 47.3 Å². The number of hydrogen-bond donors (Lipinski definition) is 1. The Bertz CT molecular complexity index is 1860. The summed E-state index contributed by atoms with van der Waals surface area (Å²) >= 11 is 9.07. The molecular formula is C32H26ClFN6O3S2. The van der Waals surface area contributed by atoms with E-state index >= 15 is 0 Å². The molecule has 228 valence electrons. The number of hydrazone groups is 1. The molecule has 13 heteroatoms. The predicted molar refractivity (Wildman–Crippen MR) is 173 cm³/mol. The second-order valence-corrected chi connectivity index (χ2v) is 12.2. The highest BCUT2D eigenvalue weighted by molar-refractivity contribution is 7.99. The van der Waals surface area contributed by atoms with Crippen molar-refractivity contribution in [2.75, 3.05) is 12.9 Å². The molecule has 2 amide bonds. The predicted octanol–water partition coefficient (Wildman–Crippen LogP) is 6.53. The zero-order valence-corrected chi connectivity index (χ0v) is 26.3. The standard InChI is InChI=1S/C32H26ClFN6O3S2/c1-43-23-13-11-20(12-14-23)27-17-26(28-10-5-15-44-28)38-40(27)30(41)19-45-32-37-36-29(39(32)22-7-4-6-21(33)16-22)18-35-31(42)24-8-2-3-9-25(24)34/h2-16,27H,17-19H2,1H3,(H,35,42)/t27-/m0/s1. The van der Waals surface area contributed by atoms with Gasteiger partial charge in [-0.3, -0.25) is 14.2 Å². The normalized spacial score (nSPS) is 14.3. The maximum atomic E-state index is 14.2. The quantitative estimate of drug-likeness (QED) is 0.171. The van der Waals surface area contributed by atoms with Crippen molar-refractivity contribution >= 4 is 52.2 Å². The van der Waals surface area contributed by atoms with Crippen LogP contribution in [-0.4, -0.2) is 50.2 Å². The second-order valence-electron chi connectivity index (χ2n) is 9.92. The van der Waals surface area contributed by atoms with Crippen molar-refractivity contribution in [3.05, 3.63) is 123 Å². The van der Waals surface area contributed by atoms with Gasteiger partial charge < -0.3 is 10.1 Å². The van der Waals surface area contributed by atoms with E-state index in [0.717, 1.165) is 21.9 Å². The third kappa shape index (κ3) is 6.77. The van der Waals surface area contributed by atoms with E-state index in [9.17, 15) is 14.0 Å². The van der Waals surface area contributed by atoms with Gasteiger partial charge in [-0.25, -0.2) is 9.40 Å². The summed E-state index contributed by atoms with van der Waals surface area (Å²) in [6.45, 7) is -0.0404. The van der Waals surface area contributed by atoms with Crippen molar-refractivity contribution < 1.29 is 18.7 Å². The first-order chi connectivity index (χ1) is 21.9. The number of benzene rings is 3. The van der Waals surface area contributed by atoms with Gasteiger partial charge in [0, 0.05) is 11.4 Å². The average molecular weight is 661 g/mol. The highest BCUT2D eigenvalue weighted by Gasteiger charge is 2.34. The molecule has 0 spiro atoms. The van der Waals surface area contributed by atoms with Gasteiger partial charge in [0.1, 0.15) is 11.6 Å². The van der Waals surface area contributed by atoms with Gasteiger partial charge in [-0.15, -0.1) is 21.5 Å². The summed E-state index contributed by atoms with van der Waals surface area (Å²) in [4.78, 5) is 27.5. The van der Waals surface area contributed by atoms with Crippen LogP contribution in [0.1, 0.15) is 39.1 Å². The van der Waals surface area contributed by atoms with Crippen molar-refractivity contribution in [3.8, 4) is 11.4 Å². The van der Waals surface area contributed by atoms with Gasteiger partial charge in [-0.05, 0) is 59.5 Å². The highest BCUT2D eigenvalue weighted by Crippen LogP contribution is 2.35. The summed E-state index contributed by atoms with van der Waals surface area (Å²) in [6.07, 6.45) is 0.577.